The lowest BCUT2D eigenvalue weighted by molar-refractivity contribution is 0.102. The first-order valence-corrected chi connectivity index (χ1v) is 7.17. The molecule has 2 aromatic rings. The average Bonchev–Trinajstić information content (AvgIpc) is 2.48. The Hall–Kier alpha value is -2.40. The standard InChI is InChI=1S/C17H21N3O2/c1-13-5-4-6-16(18-13)17(21)19-14-7-9-15(10-8-14)22-12-11-20(2)3/h4-10H,11-12H2,1-3H3,(H,19,21). The second-order valence-corrected chi connectivity index (χ2v) is 5.29. The Morgan fingerprint density at radius 2 is 1.91 bits per heavy atom. The monoisotopic (exact) mass is 299 g/mol. The van der Waals surface area contributed by atoms with E-state index in [1.165, 1.54) is 0 Å². The number of anilines is 1. The maximum absolute atomic E-state index is 12.1. The summed E-state index contributed by atoms with van der Waals surface area (Å²) in [4.78, 5) is 18.3. The summed E-state index contributed by atoms with van der Waals surface area (Å²) in [6.45, 7) is 3.35. The summed E-state index contributed by atoms with van der Waals surface area (Å²) in [6.07, 6.45) is 0. The molecule has 0 saturated carbocycles. The van der Waals surface area contributed by atoms with Gasteiger partial charge in [0.05, 0.1) is 0 Å². The average molecular weight is 299 g/mol. The van der Waals surface area contributed by atoms with Crippen LogP contribution in [0, 0.1) is 6.92 Å². The number of hydrogen-bond acceptors (Lipinski definition) is 4. The highest BCUT2D eigenvalue weighted by atomic mass is 16.5. The number of ether oxygens (including phenoxy) is 1. The van der Waals surface area contributed by atoms with E-state index >= 15 is 0 Å². The summed E-state index contributed by atoms with van der Waals surface area (Å²) >= 11 is 0. The molecular weight excluding hydrogens is 278 g/mol. The smallest absolute Gasteiger partial charge is 0.274 e. The molecular formula is C17H21N3O2. The molecule has 0 atom stereocenters. The molecule has 2 rings (SSSR count). The number of amides is 1. The van der Waals surface area contributed by atoms with Gasteiger partial charge in [0, 0.05) is 17.9 Å². The fourth-order valence-corrected chi connectivity index (χ4v) is 1.85. The lowest BCUT2D eigenvalue weighted by Gasteiger charge is -2.11. The van der Waals surface area contributed by atoms with Crippen molar-refractivity contribution in [1.82, 2.24) is 9.88 Å². The predicted octanol–water partition coefficient (Wildman–Crippen LogP) is 2.58. The molecule has 1 heterocycles. The van der Waals surface area contributed by atoms with E-state index in [4.69, 9.17) is 4.74 Å². The Balaban J connectivity index is 1.92. The zero-order valence-corrected chi connectivity index (χ0v) is 13.2. The summed E-state index contributed by atoms with van der Waals surface area (Å²) in [5.41, 5.74) is 1.94. The van der Waals surface area contributed by atoms with Crippen LogP contribution < -0.4 is 10.1 Å². The van der Waals surface area contributed by atoms with E-state index < -0.39 is 0 Å². The van der Waals surface area contributed by atoms with Crippen molar-refractivity contribution in [3.05, 3.63) is 53.9 Å². The van der Waals surface area contributed by atoms with E-state index in [9.17, 15) is 4.79 Å². The van der Waals surface area contributed by atoms with Gasteiger partial charge in [-0.2, -0.15) is 0 Å². The lowest BCUT2D eigenvalue weighted by atomic mass is 10.2. The minimum absolute atomic E-state index is 0.218. The zero-order chi connectivity index (χ0) is 15.9. The number of rotatable bonds is 6. The molecule has 1 aromatic heterocycles. The molecule has 0 unspecified atom stereocenters. The van der Waals surface area contributed by atoms with Crippen LogP contribution in [-0.4, -0.2) is 43.0 Å². The number of carbonyl (C=O) groups excluding carboxylic acids is 1. The van der Waals surface area contributed by atoms with E-state index in [2.05, 4.69) is 15.2 Å². The van der Waals surface area contributed by atoms with E-state index in [0.717, 1.165) is 18.0 Å². The molecule has 1 aromatic carbocycles. The number of pyridine rings is 1. The number of nitrogens with one attached hydrogen (secondary N) is 1. The number of carbonyl (C=O) groups is 1. The first-order chi connectivity index (χ1) is 10.5. The van der Waals surface area contributed by atoms with Crippen LogP contribution in [-0.2, 0) is 0 Å². The molecule has 5 nitrogen and oxygen atoms in total. The van der Waals surface area contributed by atoms with Gasteiger partial charge in [-0.3, -0.25) is 4.79 Å². The molecule has 5 heteroatoms. The van der Waals surface area contributed by atoms with Crippen molar-refractivity contribution in [2.24, 2.45) is 0 Å². The van der Waals surface area contributed by atoms with Gasteiger partial charge in [0.2, 0.25) is 0 Å². The van der Waals surface area contributed by atoms with Crippen LogP contribution in [0.3, 0.4) is 0 Å². The highest BCUT2D eigenvalue weighted by Gasteiger charge is 2.07. The second-order valence-electron chi connectivity index (χ2n) is 5.29. The van der Waals surface area contributed by atoms with Gasteiger partial charge >= 0.3 is 0 Å². The van der Waals surface area contributed by atoms with Crippen LogP contribution in [0.25, 0.3) is 0 Å². The largest absolute Gasteiger partial charge is 0.492 e. The Kier molecular flexibility index (Phi) is 5.49. The van der Waals surface area contributed by atoms with Crippen LogP contribution in [0.2, 0.25) is 0 Å². The Bertz CT molecular complexity index is 624. The molecule has 0 spiro atoms. The summed E-state index contributed by atoms with van der Waals surface area (Å²) in [5.74, 6) is 0.568. The van der Waals surface area contributed by atoms with Crippen LogP contribution >= 0.6 is 0 Å². The van der Waals surface area contributed by atoms with Gasteiger partial charge in [-0.05, 0) is 57.4 Å². The molecule has 0 radical (unpaired) electrons. The fourth-order valence-electron chi connectivity index (χ4n) is 1.85. The lowest BCUT2D eigenvalue weighted by Crippen LogP contribution is -2.19. The van der Waals surface area contributed by atoms with Gasteiger partial charge in [-0.25, -0.2) is 4.98 Å². The van der Waals surface area contributed by atoms with Crippen molar-refractivity contribution in [1.29, 1.82) is 0 Å². The molecule has 22 heavy (non-hydrogen) atoms. The first-order valence-electron chi connectivity index (χ1n) is 7.17. The topological polar surface area (TPSA) is 54.5 Å². The molecule has 0 aliphatic carbocycles. The molecule has 0 aliphatic heterocycles. The van der Waals surface area contributed by atoms with Gasteiger partial charge in [-0.1, -0.05) is 6.07 Å². The van der Waals surface area contributed by atoms with Crippen LogP contribution in [0.5, 0.6) is 5.75 Å². The number of aromatic nitrogens is 1. The maximum atomic E-state index is 12.1. The minimum atomic E-state index is -0.218. The van der Waals surface area contributed by atoms with Crippen molar-refractivity contribution in [2.45, 2.75) is 6.92 Å². The molecule has 1 N–H and O–H groups in total. The molecule has 1 amide bonds. The zero-order valence-electron chi connectivity index (χ0n) is 13.2. The van der Waals surface area contributed by atoms with Gasteiger partial charge in [0.15, 0.2) is 0 Å². The molecule has 0 saturated heterocycles. The molecule has 0 aliphatic rings. The van der Waals surface area contributed by atoms with Crippen LogP contribution in [0.4, 0.5) is 5.69 Å². The van der Waals surface area contributed by atoms with E-state index in [1.54, 1.807) is 6.07 Å². The van der Waals surface area contributed by atoms with Crippen molar-refractivity contribution in [3.63, 3.8) is 0 Å². The summed E-state index contributed by atoms with van der Waals surface area (Å²) in [6, 6.07) is 12.7. The number of hydrogen-bond donors (Lipinski definition) is 1. The van der Waals surface area contributed by atoms with E-state index in [1.807, 2.05) is 57.4 Å². The highest BCUT2D eigenvalue weighted by Crippen LogP contribution is 2.16. The van der Waals surface area contributed by atoms with E-state index in [-0.39, 0.29) is 5.91 Å². The summed E-state index contributed by atoms with van der Waals surface area (Å²) < 4.78 is 5.61. The number of benzene rings is 1. The van der Waals surface area contributed by atoms with Crippen molar-refractivity contribution in [2.75, 3.05) is 32.6 Å². The van der Waals surface area contributed by atoms with E-state index in [0.29, 0.717) is 18.0 Å². The molecule has 116 valence electrons. The Morgan fingerprint density at radius 3 is 2.55 bits per heavy atom. The van der Waals surface area contributed by atoms with Gasteiger partial charge in [0.25, 0.3) is 5.91 Å². The third kappa shape index (κ3) is 4.86. The number of likely N-dealkylation sites (N-methyl/N-ethyl adjacent to an activating group) is 1. The van der Waals surface area contributed by atoms with Crippen LogP contribution in [0.1, 0.15) is 16.2 Å². The summed E-state index contributed by atoms with van der Waals surface area (Å²) in [5, 5.41) is 2.82. The quantitative estimate of drug-likeness (QED) is 0.891. The third-order valence-electron chi connectivity index (χ3n) is 3.04. The second kappa shape index (κ2) is 7.56. The highest BCUT2D eigenvalue weighted by molar-refractivity contribution is 6.02. The fraction of sp³-hybridized carbons (Fsp3) is 0.294. The number of aryl methyl sites for hydroxylation is 1. The van der Waals surface area contributed by atoms with Gasteiger partial charge < -0.3 is 15.0 Å². The Labute approximate surface area is 130 Å². The maximum Gasteiger partial charge on any atom is 0.274 e. The third-order valence-corrected chi connectivity index (χ3v) is 3.04. The van der Waals surface area contributed by atoms with Crippen LogP contribution in [0.15, 0.2) is 42.5 Å². The summed E-state index contributed by atoms with van der Waals surface area (Å²) in [7, 11) is 4.00. The van der Waals surface area contributed by atoms with Crippen molar-refractivity contribution >= 4 is 11.6 Å². The Morgan fingerprint density at radius 1 is 1.18 bits per heavy atom. The van der Waals surface area contributed by atoms with Crippen molar-refractivity contribution in [3.8, 4) is 5.75 Å². The SMILES string of the molecule is Cc1cccc(C(=O)Nc2ccc(OCCN(C)C)cc2)n1. The molecule has 0 fully saturated rings. The number of nitrogens with zero attached hydrogens (tertiary/aromatic N) is 2. The molecule has 0 bridgehead atoms. The van der Waals surface area contributed by atoms with Gasteiger partial charge in [-0.15, -0.1) is 0 Å². The minimum Gasteiger partial charge on any atom is -0.492 e. The normalized spacial score (nSPS) is 10.5. The first kappa shape index (κ1) is 16.0. The van der Waals surface area contributed by atoms with Gasteiger partial charge in [0.1, 0.15) is 18.1 Å². The van der Waals surface area contributed by atoms with Crippen molar-refractivity contribution < 1.29 is 9.53 Å². The predicted molar refractivity (Wildman–Crippen MR) is 87.4 cm³/mol.